The van der Waals surface area contributed by atoms with E-state index in [2.05, 4.69) is 10.2 Å². The maximum Gasteiger partial charge on any atom is 0.257 e. The molecule has 0 unspecified atom stereocenters. The second-order valence-electron chi connectivity index (χ2n) is 5.58. The third-order valence-corrected chi connectivity index (χ3v) is 3.72. The van der Waals surface area contributed by atoms with E-state index in [1.54, 1.807) is 33.7 Å². The summed E-state index contributed by atoms with van der Waals surface area (Å²) in [5.41, 5.74) is 3.45. The number of hydrogen-bond acceptors (Lipinski definition) is 3. The summed E-state index contributed by atoms with van der Waals surface area (Å²) in [6.45, 7) is 2.40. The zero-order chi connectivity index (χ0) is 16.4. The number of carbonyl (C=O) groups excluding carboxylic acids is 1. The molecular weight excluding hydrogens is 290 g/mol. The van der Waals surface area contributed by atoms with Crippen molar-refractivity contribution in [3.63, 3.8) is 0 Å². The highest BCUT2D eigenvalue weighted by Gasteiger charge is 2.17. The smallest absolute Gasteiger partial charge is 0.257 e. The molecule has 0 aliphatic heterocycles. The molecule has 2 heterocycles. The Morgan fingerprint density at radius 3 is 2.57 bits per heavy atom. The van der Waals surface area contributed by atoms with Crippen molar-refractivity contribution in [2.75, 3.05) is 7.05 Å². The predicted molar refractivity (Wildman–Crippen MR) is 87.3 cm³/mol. The monoisotopic (exact) mass is 309 g/mol. The molecule has 118 valence electrons. The van der Waals surface area contributed by atoms with E-state index in [1.165, 1.54) is 0 Å². The largest absolute Gasteiger partial charge is 0.337 e. The molecule has 6 nitrogen and oxygen atoms in total. The molecule has 0 atom stereocenters. The van der Waals surface area contributed by atoms with E-state index in [0.717, 1.165) is 16.9 Å². The van der Waals surface area contributed by atoms with E-state index in [-0.39, 0.29) is 5.91 Å². The fraction of sp³-hybridized carbons (Fsp3) is 0.235. The number of rotatable bonds is 4. The van der Waals surface area contributed by atoms with Crippen molar-refractivity contribution in [2.24, 2.45) is 7.05 Å². The van der Waals surface area contributed by atoms with Crippen LogP contribution >= 0.6 is 0 Å². The van der Waals surface area contributed by atoms with Crippen LogP contribution in [-0.4, -0.2) is 37.4 Å². The maximum atomic E-state index is 12.5. The molecule has 0 bridgehead atoms. The Morgan fingerprint density at radius 1 is 1.26 bits per heavy atom. The number of nitrogens with zero attached hydrogens (tertiary/aromatic N) is 5. The molecule has 0 N–H and O–H groups in total. The fourth-order valence-electron chi connectivity index (χ4n) is 2.54. The van der Waals surface area contributed by atoms with Gasteiger partial charge in [-0.3, -0.25) is 9.48 Å². The summed E-state index contributed by atoms with van der Waals surface area (Å²) in [6.07, 6.45) is 5.40. The molecule has 1 amide bonds. The van der Waals surface area contributed by atoms with E-state index >= 15 is 0 Å². The van der Waals surface area contributed by atoms with Crippen LogP contribution in [-0.2, 0) is 13.6 Å². The average Bonchev–Trinajstić information content (AvgIpc) is 3.17. The Morgan fingerprint density at radius 2 is 2.00 bits per heavy atom. The van der Waals surface area contributed by atoms with Crippen LogP contribution in [0.15, 0.2) is 48.9 Å². The van der Waals surface area contributed by atoms with Crippen molar-refractivity contribution in [2.45, 2.75) is 13.5 Å². The molecule has 23 heavy (non-hydrogen) atoms. The van der Waals surface area contributed by atoms with Crippen LogP contribution in [0.3, 0.4) is 0 Å². The fourth-order valence-corrected chi connectivity index (χ4v) is 2.54. The van der Waals surface area contributed by atoms with Crippen molar-refractivity contribution in [1.82, 2.24) is 24.5 Å². The number of hydrogen-bond donors (Lipinski definition) is 0. The van der Waals surface area contributed by atoms with Crippen LogP contribution in [0.4, 0.5) is 0 Å². The Kier molecular flexibility index (Phi) is 3.97. The first kappa shape index (κ1) is 15.0. The average molecular weight is 309 g/mol. The van der Waals surface area contributed by atoms with Crippen molar-refractivity contribution in [3.05, 3.63) is 65.7 Å². The SMILES string of the molecule is Cc1nn(C)cc1C(=O)N(C)Cc1ccc(-n2cccn2)cc1. The highest BCUT2D eigenvalue weighted by molar-refractivity contribution is 5.94. The molecule has 0 saturated carbocycles. The first-order chi connectivity index (χ1) is 11.0. The Balaban J connectivity index is 1.71. The highest BCUT2D eigenvalue weighted by Crippen LogP contribution is 2.13. The molecule has 0 fully saturated rings. The molecule has 0 aliphatic rings. The first-order valence-corrected chi connectivity index (χ1v) is 7.39. The van der Waals surface area contributed by atoms with Gasteiger partial charge in [-0.25, -0.2) is 4.68 Å². The van der Waals surface area contributed by atoms with Gasteiger partial charge in [-0.05, 0) is 30.7 Å². The molecule has 0 spiro atoms. The number of aryl methyl sites for hydroxylation is 2. The van der Waals surface area contributed by atoms with Crippen molar-refractivity contribution < 1.29 is 4.79 Å². The number of benzene rings is 1. The summed E-state index contributed by atoms with van der Waals surface area (Å²) in [4.78, 5) is 14.2. The summed E-state index contributed by atoms with van der Waals surface area (Å²) in [6, 6.07) is 9.90. The summed E-state index contributed by atoms with van der Waals surface area (Å²) in [5, 5.41) is 8.42. The standard InChI is InChI=1S/C17H19N5O/c1-13-16(12-21(3)19-13)17(23)20(2)11-14-5-7-15(8-6-14)22-10-4-9-18-22/h4-10,12H,11H2,1-3H3. The molecule has 0 aliphatic carbocycles. The van der Waals surface area contributed by atoms with Crippen LogP contribution in [0.5, 0.6) is 0 Å². The minimum Gasteiger partial charge on any atom is -0.337 e. The molecule has 3 aromatic rings. The summed E-state index contributed by atoms with van der Waals surface area (Å²) < 4.78 is 3.47. The van der Waals surface area contributed by atoms with Crippen LogP contribution in [0.2, 0.25) is 0 Å². The Hall–Kier alpha value is -2.89. The molecular formula is C17H19N5O. The molecule has 2 aromatic heterocycles. The van der Waals surface area contributed by atoms with Crippen LogP contribution < -0.4 is 0 Å². The van der Waals surface area contributed by atoms with Gasteiger partial charge in [0.25, 0.3) is 5.91 Å². The second-order valence-corrected chi connectivity index (χ2v) is 5.58. The molecule has 0 radical (unpaired) electrons. The van der Waals surface area contributed by atoms with Gasteiger partial charge in [0.05, 0.1) is 16.9 Å². The van der Waals surface area contributed by atoms with Gasteiger partial charge in [0.2, 0.25) is 0 Å². The van der Waals surface area contributed by atoms with Crippen molar-refractivity contribution in [3.8, 4) is 5.69 Å². The molecule has 0 saturated heterocycles. The Bertz CT molecular complexity index is 802. The maximum absolute atomic E-state index is 12.5. The van der Waals surface area contributed by atoms with Gasteiger partial charge < -0.3 is 4.90 Å². The lowest BCUT2D eigenvalue weighted by Crippen LogP contribution is -2.26. The normalized spacial score (nSPS) is 10.7. The zero-order valence-electron chi connectivity index (χ0n) is 13.5. The predicted octanol–water partition coefficient (Wildman–Crippen LogP) is 2.19. The Labute approximate surface area is 135 Å². The summed E-state index contributed by atoms with van der Waals surface area (Å²) in [7, 11) is 3.62. The van der Waals surface area contributed by atoms with Crippen molar-refractivity contribution in [1.29, 1.82) is 0 Å². The van der Waals surface area contributed by atoms with Gasteiger partial charge in [0.15, 0.2) is 0 Å². The lowest BCUT2D eigenvalue weighted by molar-refractivity contribution is 0.0784. The molecule has 6 heteroatoms. The summed E-state index contributed by atoms with van der Waals surface area (Å²) >= 11 is 0. The molecule has 3 rings (SSSR count). The van der Waals surface area contributed by atoms with Gasteiger partial charge >= 0.3 is 0 Å². The summed E-state index contributed by atoms with van der Waals surface area (Å²) in [5.74, 6) is -0.0215. The third-order valence-electron chi connectivity index (χ3n) is 3.72. The number of aromatic nitrogens is 4. The lowest BCUT2D eigenvalue weighted by atomic mass is 10.1. The van der Waals surface area contributed by atoms with E-state index in [4.69, 9.17) is 0 Å². The quantitative estimate of drug-likeness (QED) is 0.742. The first-order valence-electron chi connectivity index (χ1n) is 7.39. The van der Waals surface area contributed by atoms with Crippen LogP contribution in [0.1, 0.15) is 21.6 Å². The zero-order valence-corrected chi connectivity index (χ0v) is 13.5. The van der Waals surface area contributed by atoms with Crippen LogP contribution in [0, 0.1) is 6.92 Å². The van der Waals surface area contributed by atoms with Gasteiger partial charge in [0.1, 0.15) is 0 Å². The minimum atomic E-state index is -0.0215. The van der Waals surface area contributed by atoms with Gasteiger partial charge in [-0.2, -0.15) is 10.2 Å². The van der Waals surface area contributed by atoms with E-state index in [9.17, 15) is 4.79 Å². The van der Waals surface area contributed by atoms with Crippen LogP contribution in [0.25, 0.3) is 5.69 Å². The lowest BCUT2D eigenvalue weighted by Gasteiger charge is -2.17. The number of amides is 1. The van der Waals surface area contributed by atoms with E-state index in [0.29, 0.717) is 12.1 Å². The van der Waals surface area contributed by atoms with E-state index < -0.39 is 0 Å². The number of carbonyl (C=O) groups is 1. The third kappa shape index (κ3) is 3.15. The topological polar surface area (TPSA) is 56.0 Å². The minimum absolute atomic E-state index is 0.0215. The van der Waals surface area contributed by atoms with Gasteiger partial charge in [-0.15, -0.1) is 0 Å². The highest BCUT2D eigenvalue weighted by atomic mass is 16.2. The second kappa shape index (κ2) is 6.08. The van der Waals surface area contributed by atoms with E-state index in [1.807, 2.05) is 50.5 Å². The van der Waals surface area contributed by atoms with Gasteiger partial charge in [0, 0.05) is 39.2 Å². The molecule has 1 aromatic carbocycles. The van der Waals surface area contributed by atoms with Crippen molar-refractivity contribution >= 4 is 5.91 Å². The van der Waals surface area contributed by atoms with Gasteiger partial charge in [-0.1, -0.05) is 12.1 Å².